The Labute approximate surface area is 85.0 Å². The zero-order valence-corrected chi connectivity index (χ0v) is 8.37. The molecule has 0 bridgehead atoms. The van der Waals surface area contributed by atoms with Gasteiger partial charge in [0.1, 0.15) is 0 Å². The van der Waals surface area contributed by atoms with Crippen LogP contribution in [0.1, 0.15) is 12.8 Å². The minimum absolute atomic E-state index is 0.875. The quantitative estimate of drug-likeness (QED) is 0.541. The van der Waals surface area contributed by atoms with E-state index in [9.17, 15) is 0 Å². The molecule has 1 fully saturated rings. The van der Waals surface area contributed by atoms with Gasteiger partial charge in [-0.1, -0.05) is 24.3 Å². The molecule has 2 rings (SSSR count). The summed E-state index contributed by atoms with van der Waals surface area (Å²) >= 11 is 0. The molecule has 0 saturated carbocycles. The molecule has 1 aliphatic rings. The SMILES string of the molecule is C=C1CCN(c2ccccc2N)CC1. The molecule has 1 aromatic carbocycles. The van der Waals surface area contributed by atoms with Crippen LogP contribution in [0.2, 0.25) is 0 Å². The summed E-state index contributed by atoms with van der Waals surface area (Å²) in [6.45, 7) is 6.10. The van der Waals surface area contributed by atoms with Crippen molar-refractivity contribution >= 4 is 11.4 Å². The van der Waals surface area contributed by atoms with Crippen molar-refractivity contribution in [3.05, 3.63) is 36.4 Å². The minimum Gasteiger partial charge on any atom is -0.397 e. The second-order valence-electron chi connectivity index (χ2n) is 3.80. The van der Waals surface area contributed by atoms with Crippen LogP contribution in [-0.2, 0) is 0 Å². The van der Waals surface area contributed by atoms with Crippen LogP contribution in [0.3, 0.4) is 0 Å². The van der Waals surface area contributed by atoms with Gasteiger partial charge in [-0.2, -0.15) is 0 Å². The fourth-order valence-electron chi connectivity index (χ4n) is 1.84. The number of nitrogens with zero attached hydrogens (tertiary/aromatic N) is 1. The molecule has 2 N–H and O–H groups in total. The van der Waals surface area contributed by atoms with Crippen LogP contribution in [-0.4, -0.2) is 13.1 Å². The highest BCUT2D eigenvalue weighted by Gasteiger charge is 2.14. The van der Waals surface area contributed by atoms with Crippen LogP contribution >= 0.6 is 0 Å². The topological polar surface area (TPSA) is 29.3 Å². The molecule has 14 heavy (non-hydrogen) atoms. The van der Waals surface area contributed by atoms with Gasteiger partial charge in [0, 0.05) is 13.1 Å². The fourth-order valence-corrected chi connectivity index (χ4v) is 1.84. The molecule has 0 unspecified atom stereocenters. The molecule has 2 heteroatoms. The van der Waals surface area contributed by atoms with Gasteiger partial charge in [0.2, 0.25) is 0 Å². The van der Waals surface area contributed by atoms with E-state index in [4.69, 9.17) is 5.73 Å². The summed E-state index contributed by atoms with van der Waals surface area (Å²) in [4.78, 5) is 2.34. The van der Waals surface area contributed by atoms with Crippen LogP contribution in [0.15, 0.2) is 36.4 Å². The van der Waals surface area contributed by atoms with E-state index in [1.165, 1.54) is 11.3 Å². The molecule has 0 aliphatic carbocycles. The van der Waals surface area contributed by atoms with E-state index in [1.54, 1.807) is 0 Å². The van der Waals surface area contributed by atoms with Crippen LogP contribution in [0.5, 0.6) is 0 Å². The Balaban J connectivity index is 2.16. The lowest BCUT2D eigenvalue weighted by Crippen LogP contribution is -2.30. The van der Waals surface area contributed by atoms with E-state index < -0.39 is 0 Å². The molecule has 0 aromatic heterocycles. The highest BCUT2D eigenvalue weighted by molar-refractivity contribution is 5.67. The molecule has 1 heterocycles. The summed E-state index contributed by atoms with van der Waals surface area (Å²) in [7, 11) is 0. The Hall–Kier alpha value is -1.44. The molecule has 0 amide bonds. The van der Waals surface area contributed by atoms with E-state index >= 15 is 0 Å². The predicted molar refractivity (Wildman–Crippen MR) is 61.4 cm³/mol. The maximum atomic E-state index is 5.92. The average Bonchev–Trinajstić information content (AvgIpc) is 2.20. The summed E-state index contributed by atoms with van der Waals surface area (Å²) < 4.78 is 0. The van der Waals surface area contributed by atoms with Crippen LogP contribution in [0, 0.1) is 0 Å². The molecule has 1 aliphatic heterocycles. The summed E-state index contributed by atoms with van der Waals surface area (Å²) in [6.07, 6.45) is 2.18. The van der Waals surface area contributed by atoms with Gasteiger partial charge in [0.15, 0.2) is 0 Å². The summed E-state index contributed by atoms with van der Waals surface area (Å²) in [6, 6.07) is 8.05. The number of nitrogen functional groups attached to an aromatic ring is 1. The lowest BCUT2D eigenvalue weighted by molar-refractivity contribution is 0.688. The Morgan fingerprint density at radius 1 is 1.14 bits per heavy atom. The second kappa shape index (κ2) is 3.74. The molecule has 1 saturated heterocycles. The monoisotopic (exact) mass is 188 g/mol. The first-order chi connectivity index (χ1) is 6.77. The predicted octanol–water partition coefficient (Wildman–Crippen LogP) is 2.43. The first-order valence-electron chi connectivity index (χ1n) is 5.03. The van der Waals surface area contributed by atoms with Gasteiger partial charge in [0.05, 0.1) is 11.4 Å². The summed E-state index contributed by atoms with van der Waals surface area (Å²) in [5.74, 6) is 0. The van der Waals surface area contributed by atoms with Gasteiger partial charge in [-0.25, -0.2) is 0 Å². The van der Waals surface area contributed by atoms with E-state index in [1.807, 2.05) is 18.2 Å². The van der Waals surface area contributed by atoms with E-state index in [-0.39, 0.29) is 0 Å². The first-order valence-corrected chi connectivity index (χ1v) is 5.03. The number of rotatable bonds is 1. The lowest BCUT2D eigenvalue weighted by Gasteiger charge is -2.30. The van der Waals surface area contributed by atoms with E-state index in [0.29, 0.717) is 0 Å². The summed E-state index contributed by atoms with van der Waals surface area (Å²) in [5.41, 5.74) is 9.32. The zero-order valence-electron chi connectivity index (χ0n) is 8.37. The maximum Gasteiger partial charge on any atom is 0.0600 e. The summed E-state index contributed by atoms with van der Waals surface area (Å²) in [5, 5.41) is 0. The Bertz CT molecular complexity index is 334. The zero-order chi connectivity index (χ0) is 9.97. The van der Waals surface area contributed by atoms with Crippen molar-refractivity contribution in [2.45, 2.75) is 12.8 Å². The largest absolute Gasteiger partial charge is 0.397 e. The standard InChI is InChI=1S/C12H16N2/c1-10-6-8-14(9-7-10)12-5-3-2-4-11(12)13/h2-5H,1,6-9,13H2. The van der Waals surface area contributed by atoms with Crippen molar-refractivity contribution in [2.24, 2.45) is 0 Å². The van der Waals surface area contributed by atoms with E-state index in [0.717, 1.165) is 31.6 Å². The van der Waals surface area contributed by atoms with Gasteiger partial charge in [-0.3, -0.25) is 0 Å². The Kier molecular flexibility index (Phi) is 2.44. The van der Waals surface area contributed by atoms with Crippen molar-refractivity contribution in [1.29, 1.82) is 0 Å². The Morgan fingerprint density at radius 3 is 2.43 bits per heavy atom. The molecule has 0 spiro atoms. The third kappa shape index (κ3) is 1.74. The number of benzene rings is 1. The molecule has 74 valence electrons. The smallest absolute Gasteiger partial charge is 0.0600 e. The third-order valence-electron chi connectivity index (χ3n) is 2.75. The van der Waals surface area contributed by atoms with Crippen LogP contribution in [0.25, 0.3) is 0 Å². The van der Waals surface area contributed by atoms with Gasteiger partial charge < -0.3 is 10.6 Å². The number of nitrogens with two attached hydrogens (primary N) is 1. The van der Waals surface area contributed by atoms with Gasteiger partial charge in [-0.05, 0) is 25.0 Å². The number of piperidine rings is 1. The molecule has 0 radical (unpaired) electrons. The first kappa shape index (κ1) is 9.13. The highest BCUT2D eigenvalue weighted by Crippen LogP contribution is 2.26. The molecule has 2 nitrogen and oxygen atoms in total. The number of anilines is 2. The van der Waals surface area contributed by atoms with E-state index in [2.05, 4.69) is 17.5 Å². The minimum atomic E-state index is 0.875. The molecular formula is C12H16N2. The molecular weight excluding hydrogens is 172 g/mol. The molecule has 1 aromatic rings. The Morgan fingerprint density at radius 2 is 1.79 bits per heavy atom. The van der Waals surface area contributed by atoms with Gasteiger partial charge in [-0.15, -0.1) is 0 Å². The average molecular weight is 188 g/mol. The van der Waals surface area contributed by atoms with Crippen molar-refractivity contribution < 1.29 is 0 Å². The maximum absolute atomic E-state index is 5.92. The normalized spacial score (nSPS) is 17.1. The number of hydrogen-bond acceptors (Lipinski definition) is 2. The van der Waals surface area contributed by atoms with Crippen molar-refractivity contribution in [2.75, 3.05) is 23.7 Å². The van der Waals surface area contributed by atoms with Crippen LogP contribution < -0.4 is 10.6 Å². The lowest BCUT2D eigenvalue weighted by atomic mass is 10.1. The van der Waals surface area contributed by atoms with Crippen LogP contribution in [0.4, 0.5) is 11.4 Å². The van der Waals surface area contributed by atoms with Gasteiger partial charge >= 0.3 is 0 Å². The second-order valence-corrected chi connectivity index (χ2v) is 3.80. The van der Waals surface area contributed by atoms with Crippen molar-refractivity contribution in [3.63, 3.8) is 0 Å². The molecule has 0 atom stereocenters. The fraction of sp³-hybridized carbons (Fsp3) is 0.333. The highest BCUT2D eigenvalue weighted by atomic mass is 15.1. The van der Waals surface area contributed by atoms with Crippen molar-refractivity contribution in [3.8, 4) is 0 Å². The number of hydrogen-bond donors (Lipinski definition) is 1. The van der Waals surface area contributed by atoms with Gasteiger partial charge in [0.25, 0.3) is 0 Å². The number of para-hydroxylation sites is 2. The van der Waals surface area contributed by atoms with Crippen molar-refractivity contribution in [1.82, 2.24) is 0 Å². The third-order valence-corrected chi connectivity index (χ3v) is 2.75.